The van der Waals surface area contributed by atoms with E-state index in [0.717, 1.165) is 65.9 Å². The molecule has 2 heterocycles. The Morgan fingerprint density at radius 1 is 1.15 bits per heavy atom. The van der Waals surface area contributed by atoms with E-state index in [-0.39, 0.29) is 15.3 Å². The van der Waals surface area contributed by atoms with Crippen molar-refractivity contribution in [2.45, 2.75) is 93.6 Å². The van der Waals surface area contributed by atoms with Crippen LogP contribution in [0.25, 0.3) is 0 Å². The van der Waals surface area contributed by atoms with Gasteiger partial charge in [-0.25, -0.2) is 0 Å². The van der Waals surface area contributed by atoms with Gasteiger partial charge in [-0.1, -0.05) is 62.4 Å². The number of ether oxygens (including phenoxy) is 1. The van der Waals surface area contributed by atoms with Crippen molar-refractivity contribution in [2.75, 3.05) is 0 Å². The van der Waals surface area contributed by atoms with Gasteiger partial charge in [0.05, 0.1) is 11.7 Å². The molecule has 3 nitrogen and oxygen atoms in total. The van der Waals surface area contributed by atoms with Crippen molar-refractivity contribution in [2.24, 2.45) is 5.41 Å². The molecule has 1 aromatic carbocycles. The van der Waals surface area contributed by atoms with E-state index in [1.807, 2.05) is 0 Å². The maximum atomic E-state index is 13.2. The lowest BCUT2D eigenvalue weighted by molar-refractivity contribution is -0.137. The van der Waals surface area contributed by atoms with Crippen LogP contribution in [-0.2, 0) is 22.9 Å². The molecule has 1 fully saturated rings. The minimum atomic E-state index is -4.38. The van der Waals surface area contributed by atoms with Crippen LogP contribution in [0.15, 0.2) is 24.3 Å². The molecule has 184 valence electrons. The number of aromatic nitrogens is 1. The molecule has 5 rings (SSSR count). The van der Waals surface area contributed by atoms with E-state index >= 15 is 0 Å². The summed E-state index contributed by atoms with van der Waals surface area (Å²) in [6.07, 6.45) is -1.19. The van der Waals surface area contributed by atoms with Crippen LogP contribution in [0.1, 0.15) is 111 Å². The van der Waals surface area contributed by atoms with Gasteiger partial charge in [-0.3, -0.25) is 4.98 Å². The fourth-order valence-corrected chi connectivity index (χ4v) is 7.46. The van der Waals surface area contributed by atoms with E-state index in [2.05, 4.69) is 50.3 Å². The summed E-state index contributed by atoms with van der Waals surface area (Å²) in [5.41, 5.74) is 4.29. The zero-order valence-corrected chi connectivity index (χ0v) is 22.1. The highest BCUT2D eigenvalue weighted by Crippen LogP contribution is 2.61. The van der Waals surface area contributed by atoms with E-state index in [1.54, 1.807) is 0 Å². The molecule has 34 heavy (non-hydrogen) atoms. The maximum absolute atomic E-state index is 13.2. The number of rotatable bonds is 2. The molecule has 1 aromatic heterocycles. The number of benzene rings is 1. The SMILES string of the molecule is CC(C)c1nc2c(c3c1[C@@H](c1ccc(C(F)(F)F)cc1)OC31CCCC1I)C(O)CC(C)(C)C2. The van der Waals surface area contributed by atoms with E-state index in [4.69, 9.17) is 9.72 Å². The number of hydrogen-bond donors (Lipinski definition) is 1. The van der Waals surface area contributed by atoms with Crippen molar-refractivity contribution in [3.05, 3.63) is 63.5 Å². The predicted octanol–water partition coefficient (Wildman–Crippen LogP) is 7.53. The lowest BCUT2D eigenvalue weighted by Gasteiger charge is -2.39. The van der Waals surface area contributed by atoms with Crippen molar-refractivity contribution < 1.29 is 23.0 Å². The van der Waals surface area contributed by atoms with Crippen LogP contribution in [0.5, 0.6) is 0 Å². The molecule has 1 N–H and O–H groups in total. The van der Waals surface area contributed by atoms with Crippen molar-refractivity contribution in [3.8, 4) is 0 Å². The lowest BCUT2D eigenvalue weighted by atomic mass is 9.70. The third kappa shape index (κ3) is 3.81. The average molecular weight is 585 g/mol. The molecule has 1 saturated carbocycles. The summed E-state index contributed by atoms with van der Waals surface area (Å²) in [5.74, 6) is 0.117. The van der Waals surface area contributed by atoms with Crippen LogP contribution in [0.2, 0.25) is 0 Å². The zero-order chi connectivity index (χ0) is 24.6. The van der Waals surface area contributed by atoms with Gasteiger partial charge in [-0.2, -0.15) is 13.2 Å². The fourth-order valence-electron chi connectivity index (χ4n) is 6.25. The van der Waals surface area contributed by atoms with E-state index in [9.17, 15) is 18.3 Å². The molecule has 1 aliphatic heterocycles. The van der Waals surface area contributed by atoms with Gasteiger partial charge in [0, 0.05) is 32.0 Å². The highest BCUT2D eigenvalue weighted by atomic mass is 127. The van der Waals surface area contributed by atoms with Crippen LogP contribution in [0, 0.1) is 5.41 Å². The first-order valence-electron chi connectivity index (χ1n) is 12.1. The molecule has 3 unspecified atom stereocenters. The summed E-state index contributed by atoms with van der Waals surface area (Å²) in [6.45, 7) is 8.53. The molecule has 0 bridgehead atoms. The number of hydrogen-bond acceptors (Lipinski definition) is 3. The average Bonchev–Trinajstić information content (AvgIpc) is 3.27. The van der Waals surface area contributed by atoms with Gasteiger partial charge in [-0.05, 0) is 61.1 Å². The zero-order valence-electron chi connectivity index (χ0n) is 20.0. The Morgan fingerprint density at radius 2 is 1.82 bits per heavy atom. The van der Waals surface area contributed by atoms with Crippen LogP contribution in [0.3, 0.4) is 0 Å². The quantitative estimate of drug-likeness (QED) is 0.293. The largest absolute Gasteiger partial charge is 0.416 e. The number of alkyl halides is 4. The highest BCUT2D eigenvalue weighted by Gasteiger charge is 2.56. The van der Waals surface area contributed by atoms with Gasteiger partial charge in [0.15, 0.2) is 0 Å². The first kappa shape index (κ1) is 24.5. The van der Waals surface area contributed by atoms with Crippen LogP contribution in [-0.4, -0.2) is 14.0 Å². The molecule has 0 radical (unpaired) electrons. The molecular formula is C27H31F3INO2. The Kier molecular flexibility index (Phi) is 5.88. The fraction of sp³-hybridized carbons (Fsp3) is 0.593. The van der Waals surface area contributed by atoms with Crippen LogP contribution < -0.4 is 0 Å². The summed E-state index contributed by atoms with van der Waals surface area (Å²) in [4.78, 5) is 5.12. The summed E-state index contributed by atoms with van der Waals surface area (Å²) in [6, 6.07) is 5.35. The number of fused-ring (bicyclic) bond motifs is 4. The van der Waals surface area contributed by atoms with E-state index < -0.39 is 29.5 Å². The summed E-state index contributed by atoms with van der Waals surface area (Å²) >= 11 is 2.47. The molecule has 2 aliphatic carbocycles. The second-order valence-electron chi connectivity index (χ2n) is 11.2. The third-order valence-electron chi connectivity index (χ3n) is 7.72. The third-order valence-corrected chi connectivity index (χ3v) is 9.35. The smallest absolute Gasteiger partial charge is 0.388 e. The number of aliphatic hydroxyl groups excluding tert-OH is 1. The molecular weight excluding hydrogens is 554 g/mol. The Balaban J connectivity index is 1.76. The van der Waals surface area contributed by atoms with Crippen LogP contribution >= 0.6 is 22.6 Å². The van der Waals surface area contributed by atoms with Crippen molar-refractivity contribution in [1.29, 1.82) is 0 Å². The van der Waals surface area contributed by atoms with Gasteiger partial charge in [0.2, 0.25) is 0 Å². The maximum Gasteiger partial charge on any atom is 0.416 e. The van der Waals surface area contributed by atoms with Crippen molar-refractivity contribution in [1.82, 2.24) is 4.98 Å². The molecule has 3 aliphatic rings. The minimum Gasteiger partial charge on any atom is -0.388 e. The van der Waals surface area contributed by atoms with Gasteiger partial charge in [-0.15, -0.1) is 0 Å². The molecule has 7 heteroatoms. The van der Waals surface area contributed by atoms with E-state index in [0.29, 0.717) is 12.0 Å². The van der Waals surface area contributed by atoms with Crippen molar-refractivity contribution >= 4 is 22.6 Å². The van der Waals surface area contributed by atoms with Gasteiger partial charge in [0.25, 0.3) is 0 Å². The molecule has 4 atom stereocenters. The standard InChI is InChI=1S/C27H31F3INO2/c1-14(2)23-21-22(20-17(32-23)12-25(3,4)13-18(20)33)26(11-5-6-19(26)31)34-24(21)15-7-9-16(10-8-15)27(28,29)30/h7-10,14,18-19,24,33H,5-6,11-13H2,1-4H3/t18?,19?,24-,26?/m1/s1. The molecule has 0 amide bonds. The number of aliphatic hydroxyl groups is 1. The topological polar surface area (TPSA) is 42.4 Å². The lowest BCUT2D eigenvalue weighted by Crippen LogP contribution is -2.35. The second kappa shape index (κ2) is 8.17. The monoisotopic (exact) mass is 585 g/mol. The molecule has 2 aromatic rings. The number of nitrogens with zero attached hydrogens (tertiary/aromatic N) is 1. The number of pyridine rings is 1. The van der Waals surface area contributed by atoms with Crippen LogP contribution in [0.4, 0.5) is 13.2 Å². The molecule has 0 saturated heterocycles. The van der Waals surface area contributed by atoms with Gasteiger partial charge in [0.1, 0.15) is 11.7 Å². The summed E-state index contributed by atoms with van der Waals surface area (Å²) < 4.78 is 46.8. The normalized spacial score (nSPS) is 30.1. The van der Waals surface area contributed by atoms with Gasteiger partial charge < -0.3 is 9.84 Å². The van der Waals surface area contributed by atoms with Crippen molar-refractivity contribution in [3.63, 3.8) is 0 Å². The highest BCUT2D eigenvalue weighted by molar-refractivity contribution is 14.1. The Hall–Kier alpha value is -1.19. The Bertz CT molecular complexity index is 1110. The van der Waals surface area contributed by atoms with E-state index in [1.165, 1.54) is 12.1 Å². The number of halogens is 4. The minimum absolute atomic E-state index is 0.0548. The first-order valence-corrected chi connectivity index (χ1v) is 13.3. The van der Waals surface area contributed by atoms with Gasteiger partial charge >= 0.3 is 6.18 Å². The molecule has 1 spiro atoms. The predicted molar refractivity (Wildman–Crippen MR) is 133 cm³/mol. The second-order valence-corrected chi connectivity index (χ2v) is 12.7. The summed E-state index contributed by atoms with van der Waals surface area (Å²) in [7, 11) is 0. The first-order chi connectivity index (χ1) is 15.8. The Morgan fingerprint density at radius 3 is 2.38 bits per heavy atom. The summed E-state index contributed by atoms with van der Waals surface area (Å²) in [5, 5.41) is 11.4. The Labute approximate surface area is 212 Å².